The predicted molar refractivity (Wildman–Crippen MR) is 110 cm³/mol. The molecule has 0 saturated carbocycles. The van der Waals surface area contributed by atoms with E-state index < -0.39 is 0 Å². The number of nitrogen functional groups attached to an aromatic ring is 1. The molecule has 7 heteroatoms. The first-order valence-electron chi connectivity index (χ1n) is 9.44. The number of aromatic nitrogens is 1. The Morgan fingerprint density at radius 2 is 1.59 bits per heavy atom. The molecule has 1 aliphatic heterocycles. The third-order valence-electron chi connectivity index (χ3n) is 5.21. The molecule has 2 N–H and O–H groups in total. The Bertz CT molecular complexity index is 1040. The molecule has 148 valence electrons. The lowest BCUT2D eigenvalue weighted by atomic mass is 10.2. The minimum absolute atomic E-state index is 0.251. The number of benzene rings is 2. The second-order valence-electron chi connectivity index (χ2n) is 7.09. The maximum Gasteiger partial charge on any atom is 0.133 e. The van der Waals surface area contributed by atoms with Gasteiger partial charge in [-0.3, -0.25) is 0 Å². The SMILES string of the molecule is N#Cc1cc(N)c(N2CCN(c3ccc(F)cc3)CC2)n1Cc1cccc(F)c1. The lowest BCUT2D eigenvalue weighted by molar-refractivity contribution is 0.615. The van der Waals surface area contributed by atoms with Crippen molar-refractivity contribution >= 4 is 17.2 Å². The highest BCUT2D eigenvalue weighted by atomic mass is 19.1. The Morgan fingerprint density at radius 1 is 0.897 bits per heavy atom. The molecule has 1 aliphatic rings. The summed E-state index contributed by atoms with van der Waals surface area (Å²) in [6.07, 6.45) is 0. The van der Waals surface area contributed by atoms with Crippen LogP contribution >= 0.6 is 0 Å². The molecule has 0 amide bonds. The van der Waals surface area contributed by atoms with Gasteiger partial charge in [0.25, 0.3) is 0 Å². The van der Waals surface area contributed by atoms with Crippen molar-refractivity contribution in [2.24, 2.45) is 0 Å². The normalized spacial score (nSPS) is 14.1. The maximum absolute atomic E-state index is 13.6. The highest BCUT2D eigenvalue weighted by Crippen LogP contribution is 2.30. The quantitative estimate of drug-likeness (QED) is 0.736. The molecule has 2 aromatic carbocycles. The molecule has 0 aliphatic carbocycles. The smallest absolute Gasteiger partial charge is 0.133 e. The van der Waals surface area contributed by atoms with Crippen molar-refractivity contribution in [1.29, 1.82) is 5.26 Å². The van der Waals surface area contributed by atoms with Crippen molar-refractivity contribution in [2.45, 2.75) is 6.54 Å². The van der Waals surface area contributed by atoms with Gasteiger partial charge < -0.3 is 20.1 Å². The van der Waals surface area contributed by atoms with E-state index in [0.29, 0.717) is 31.0 Å². The lowest BCUT2D eigenvalue weighted by Gasteiger charge is -2.38. The van der Waals surface area contributed by atoms with E-state index in [1.807, 2.05) is 10.6 Å². The Kier molecular flexibility index (Phi) is 5.09. The third kappa shape index (κ3) is 3.87. The van der Waals surface area contributed by atoms with Crippen LogP contribution in [0.15, 0.2) is 54.6 Å². The van der Waals surface area contributed by atoms with Crippen molar-refractivity contribution in [3.63, 3.8) is 0 Å². The fourth-order valence-corrected chi connectivity index (χ4v) is 3.81. The molecule has 2 heterocycles. The van der Waals surface area contributed by atoms with E-state index in [9.17, 15) is 14.0 Å². The molecule has 3 aromatic rings. The lowest BCUT2D eigenvalue weighted by Crippen LogP contribution is -2.47. The van der Waals surface area contributed by atoms with Gasteiger partial charge in [0.2, 0.25) is 0 Å². The third-order valence-corrected chi connectivity index (χ3v) is 5.21. The van der Waals surface area contributed by atoms with Crippen LogP contribution in [0, 0.1) is 23.0 Å². The average molecular weight is 393 g/mol. The van der Waals surface area contributed by atoms with Crippen molar-refractivity contribution in [2.75, 3.05) is 41.7 Å². The van der Waals surface area contributed by atoms with E-state index in [-0.39, 0.29) is 11.6 Å². The van der Waals surface area contributed by atoms with E-state index in [2.05, 4.69) is 15.9 Å². The van der Waals surface area contributed by atoms with Crippen molar-refractivity contribution in [1.82, 2.24) is 4.57 Å². The summed E-state index contributed by atoms with van der Waals surface area (Å²) in [7, 11) is 0. The van der Waals surface area contributed by atoms with Crippen molar-refractivity contribution in [3.05, 3.63) is 77.5 Å². The monoisotopic (exact) mass is 393 g/mol. The summed E-state index contributed by atoms with van der Waals surface area (Å²) in [5.74, 6) is 0.222. The van der Waals surface area contributed by atoms with Gasteiger partial charge in [-0.25, -0.2) is 8.78 Å². The van der Waals surface area contributed by atoms with Crippen LogP contribution in [0.4, 0.5) is 26.0 Å². The second kappa shape index (κ2) is 7.84. The zero-order valence-electron chi connectivity index (χ0n) is 15.9. The highest BCUT2D eigenvalue weighted by Gasteiger charge is 2.24. The summed E-state index contributed by atoms with van der Waals surface area (Å²) >= 11 is 0. The number of nitriles is 1. The molecule has 4 rings (SSSR count). The first-order chi connectivity index (χ1) is 14.0. The van der Waals surface area contributed by atoms with Crippen LogP contribution in [0.1, 0.15) is 11.3 Å². The van der Waals surface area contributed by atoms with Crippen molar-refractivity contribution < 1.29 is 8.78 Å². The minimum atomic E-state index is -0.310. The number of anilines is 3. The molecule has 29 heavy (non-hydrogen) atoms. The van der Waals surface area contributed by atoms with Gasteiger partial charge in [-0.2, -0.15) is 5.26 Å². The van der Waals surface area contributed by atoms with Crippen LogP contribution in [0.3, 0.4) is 0 Å². The van der Waals surface area contributed by atoms with Crippen LogP contribution in [0.5, 0.6) is 0 Å². The van der Waals surface area contributed by atoms with Crippen LogP contribution in [-0.4, -0.2) is 30.7 Å². The molecule has 0 unspecified atom stereocenters. The van der Waals surface area contributed by atoms with Crippen molar-refractivity contribution in [3.8, 4) is 6.07 Å². The summed E-state index contributed by atoms with van der Waals surface area (Å²) < 4.78 is 28.6. The fraction of sp³-hybridized carbons (Fsp3) is 0.227. The van der Waals surface area contributed by atoms with E-state index >= 15 is 0 Å². The molecule has 1 saturated heterocycles. The minimum Gasteiger partial charge on any atom is -0.396 e. The summed E-state index contributed by atoms with van der Waals surface area (Å²) in [4.78, 5) is 4.34. The Labute approximate surface area is 168 Å². The fourth-order valence-electron chi connectivity index (χ4n) is 3.81. The van der Waals surface area contributed by atoms with Gasteiger partial charge in [-0.05, 0) is 48.0 Å². The standard InChI is InChI=1S/C22H21F2N5/c23-17-4-6-19(7-5-17)27-8-10-28(11-9-27)22-21(26)13-20(14-25)29(22)15-16-2-1-3-18(24)12-16/h1-7,12-13H,8-11,15,26H2. The van der Waals surface area contributed by atoms with E-state index in [4.69, 9.17) is 5.73 Å². The van der Waals surface area contributed by atoms with Gasteiger partial charge in [-0.1, -0.05) is 12.1 Å². The summed E-state index contributed by atoms with van der Waals surface area (Å²) in [5.41, 5.74) is 8.98. The summed E-state index contributed by atoms with van der Waals surface area (Å²) in [5, 5.41) is 9.54. The van der Waals surface area contributed by atoms with Gasteiger partial charge in [-0.15, -0.1) is 0 Å². The zero-order valence-corrected chi connectivity index (χ0v) is 15.9. The van der Waals surface area contributed by atoms with Gasteiger partial charge in [0, 0.05) is 31.9 Å². The molecule has 0 atom stereocenters. The van der Waals surface area contributed by atoms with Crippen LogP contribution in [0.2, 0.25) is 0 Å². The molecule has 0 bridgehead atoms. The Balaban J connectivity index is 1.56. The van der Waals surface area contributed by atoms with Crippen LogP contribution in [-0.2, 0) is 6.54 Å². The first kappa shape index (κ1) is 18.8. The van der Waals surface area contributed by atoms with E-state index in [1.54, 1.807) is 24.3 Å². The molecule has 5 nitrogen and oxygen atoms in total. The summed E-state index contributed by atoms with van der Waals surface area (Å²) in [6.45, 7) is 3.28. The topological polar surface area (TPSA) is 61.2 Å². The Hall–Kier alpha value is -3.53. The number of halogens is 2. The number of hydrogen-bond donors (Lipinski definition) is 1. The van der Waals surface area contributed by atoms with Crippen LogP contribution in [0.25, 0.3) is 0 Å². The largest absolute Gasteiger partial charge is 0.396 e. The molecule has 0 spiro atoms. The average Bonchev–Trinajstić information content (AvgIpc) is 3.04. The zero-order chi connectivity index (χ0) is 20.4. The van der Waals surface area contributed by atoms with Gasteiger partial charge in [0.1, 0.15) is 29.2 Å². The number of nitrogens with two attached hydrogens (primary N) is 1. The number of hydrogen-bond acceptors (Lipinski definition) is 4. The second-order valence-corrected chi connectivity index (χ2v) is 7.09. The van der Waals surface area contributed by atoms with E-state index in [0.717, 1.165) is 30.2 Å². The Morgan fingerprint density at radius 3 is 2.24 bits per heavy atom. The summed E-state index contributed by atoms with van der Waals surface area (Å²) in [6, 6.07) is 16.7. The van der Waals surface area contributed by atoms with Crippen LogP contribution < -0.4 is 15.5 Å². The van der Waals surface area contributed by atoms with Gasteiger partial charge in [0.15, 0.2) is 0 Å². The number of nitrogens with zero attached hydrogens (tertiary/aromatic N) is 4. The molecule has 1 aromatic heterocycles. The number of piperazine rings is 1. The first-order valence-corrected chi connectivity index (χ1v) is 9.44. The molecule has 0 radical (unpaired) electrons. The highest BCUT2D eigenvalue weighted by molar-refractivity contribution is 5.69. The van der Waals surface area contributed by atoms with Gasteiger partial charge in [0.05, 0.1) is 12.2 Å². The number of rotatable bonds is 4. The van der Waals surface area contributed by atoms with E-state index in [1.165, 1.54) is 24.3 Å². The van der Waals surface area contributed by atoms with Gasteiger partial charge >= 0.3 is 0 Å². The maximum atomic E-state index is 13.6. The predicted octanol–water partition coefficient (Wildman–Crippen LogP) is 3.60. The molecular formula is C22H21F2N5. The molecular weight excluding hydrogens is 372 g/mol. The molecule has 1 fully saturated rings.